The van der Waals surface area contributed by atoms with Crippen LogP contribution in [0.25, 0.3) is 0 Å². The Labute approximate surface area is 184 Å². The summed E-state index contributed by atoms with van der Waals surface area (Å²) >= 11 is 0. The molecular weight excluding hydrogens is 423 g/mol. The highest BCUT2D eigenvalue weighted by Crippen LogP contribution is 2.48. The van der Waals surface area contributed by atoms with Crippen LogP contribution in [-0.4, -0.2) is 48.8 Å². The Kier molecular flexibility index (Phi) is 6.17. The van der Waals surface area contributed by atoms with E-state index >= 15 is 0 Å². The second kappa shape index (κ2) is 8.88. The summed E-state index contributed by atoms with van der Waals surface area (Å²) in [7, 11) is 0. The number of benzene rings is 1. The Morgan fingerprint density at radius 3 is 2.50 bits per heavy atom. The largest absolute Gasteiger partial charge is 0.491 e. The summed E-state index contributed by atoms with van der Waals surface area (Å²) in [6, 6.07) is 10.4. The fourth-order valence-corrected chi connectivity index (χ4v) is 3.72. The van der Waals surface area contributed by atoms with Crippen molar-refractivity contribution in [2.45, 2.75) is 44.5 Å². The van der Waals surface area contributed by atoms with Crippen molar-refractivity contribution in [2.24, 2.45) is 5.92 Å². The number of hydrogen-bond acceptors (Lipinski definition) is 5. The Bertz CT molecular complexity index is 940. The third-order valence-corrected chi connectivity index (χ3v) is 5.74. The molecule has 1 aromatic carbocycles. The van der Waals surface area contributed by atoms with Gasteiger partial charge in [-0.25, -0.2) is 18.2 Å². The summed E-state index contributed by atoms with van der Waals surface area (Å²) < 4.78 is 51.7. The zero-order valence-corrected chi connectivity index (χ0v) is 17.9. The van der Waals surface area contributed by atoms with Gasteiger partial charge in [0, 0.05) is 13.3 Å². The van der Waals surface area contributed by atoms with E-state index in [4.69, 9.17) is 9.47 Å². The number of nitrogens with zero attached hydrogens (tertiary/aromatic N) is 2. The van der Waals surface area contributed by atoms with Crippen LogP contribution in [0.5, 0.6) is 11.5 Å². The quantitative estimate of drug-likeness (QED) is 0.662. The van der Waals surface area contributed by atoms with Crippen molar-refractivity contribution in [2.75, 3.05) is 24.6 Å². The van der Waals surface area contributed by atoms with E-state index in [0.29, 0.717) is 23.9 Å². The number of pyridine rings is 1. The van der Waals surface area contributed by atoms with Gasteiger partial charge in [-0.15, -0.1) is 0 Å². The van der Waals surface area contributed by atoms with Crippen LogP contribution in [0.4, 0.5) is 19.0 Å². The zero-order chi connectivity index (χ0) is 22.9. The van der Waals surface area contributed by atoms with Crippen molar-refractivity contribution in [3.63, 3.8) is 0 Å². The summed E-state index contributed by atoms with van der Waals surface area (Å²) in [4.78, 5) is 17.3. The molecule has 32 heavy (non-hydrogen) atoms. The molecule has 0 radical (unpaired) electrons. The molecular formula is C23H26F3N3O3. The Hall–Kier alpha value is -2.97. The molecule has 4 atom stereocenters. The molecule has 1 amide bonds. The van der Waals surface area contributed by atoms with Crippen LogP contribution in [0, 0.1) is 5.92 Å². The summed E-state index contributed by atoms with van der Waals surface area (Å²) in [6.07, 6.45) is -0.513. The third-order valence-electron chi connectivity index (χ3n) is 5.74. The van der Waals surface area contributed by atoms with E-state index in [1.54, 1.807) is 29.2 Å². The number of carbonyl (C=O) groups is 1. The van der Waals surface area contributed by atoms with Crippen molar-refractivity contribution < 1.29 is 27.4 Å². The van der Waals surface area contributed by atoms with Crippen molar-refractivity contribution >= 4 is 11.7 Å². The highest BCUT2D eigenvalue weighted by Gasteiger charge is 2.57. The number of anilines is 1. The summed E-state index contributed by atoms with van der Waals surface area (Å²) in [5.74, 6) is -1.92. The maximum Gasteiger partial charge on any atom is 0.255 e. The first-order chi connectivity index (χ1) is 15.2. The van der Waals surface area contributed by atoms with Crippen molar-refractivity contribution in [3.05, 3.63) is 48.2 Å². The first kappa shape index (κ1) is 22.2. The van der Waals surface area contributed by atoms with Crippen molar-refractivity contribution in [1.82, 2.24) is 10.3 Å². The fraction of sp³-hybridized carbons (Fsp3) is 0.478. The molecule has 1 unspecified atom stereocenters. The van der Waals surface area contributed by atoms with Crippen LogP contribution in [0.2, 0.25) is 0 Å². The van der Waals surface area contributed by atoms with E-state index in [1.165, 1.54) is 13.1 Å². The van der Waals surface area contributed by atoms with E-state index in [0.717, 1.165) is 5.56 Å². The van der Waals surface area contributed by atoms with E-state index in [2.05, 4.69) is 10.3 Å². The molecule has 1 N–H and O–H groups in total. The lowest BCUT2D eigenvalue weighted by Crippen LogP contribution is -2.27. The summed E-state index contributed by atoms with van der Waals surface area (Å²) in [5.41, 5.74) is 0.925. The Balaban J connectivity index is 1.30. The molecule has 2 aliphatic rings. The summed E-state index contributed by atoms with van der Waals surface area (Å²) in [5, 5.41) is 2.81. The molecule has 172 valence electrons. The second-order valence-electron chi connectivity index (χ2n) is 8.39. The molecule has 1 saturated heterocycles. The molecule has 0 spiro atoms. The number of carbonyl (C=O) groups excluding carboxylic acids is 1. The lowest BCUT2D eigenvalue weighted by molar-refractivity contribution is -0.119. The average molecular weight is 449 g/mol. The number of ether oxygens (including phenoxy) is 2. The van der Waals surface area contributed by atoms with Gasteiger partial charge in [-0.1, -0.05) is 12.1 Å². The van der Waals surface area contributed by atoms with Gasteiger partial charge in [-0.3, -0.25) is 4.79 Å². The number of halogens is 3. The number of amides is 1. The number of rotatable bonds is 8. The van der Waals surface area contributed by atoms with Crippen LogP contribution in [0.15, 0.2) is 42.6 Å². The van der Waals surface area contributed by atoms with E-state index < -0.39 is 24.1 Å². The van der Waals surface area contributed by atoms with Gasteiger partial charge in [0.05, 0.1) is 37.9 Å². The highest BCUT2D eigenvalue weighted by molar-refractivity contribution is 5.73. The predicted octanol–water partition coefficient (Wildman–Crippen LogP) is 3.92. The van der Waals surface area contributed by atoms with E-state index in [1.807, 2.05) is 19.1 Å². The second-order valence-corrected chi connectivity index (χ2v) is 8.39. The molecule has 2 fully saturated rings. The van der Waals surface area contributed by atoms with Crippen LogP contribution in [-0.2, 0) is 4.79 Å². The van der Waals surface area contributed by atoms with Gasteiger partial charge in [-0.05, 0) is 36.8 Å². The van der Waals surface area contributed by atoms with Gasteiger partial charge in [0.25, 0.3) is 5.92 Å². The summed E-state index contributed by atoms with van der Waals surface area (Å²) in [6.45, 7) is 3.78. The standard InChI is InChI=1S/C23H26F3N3O3/c1-14(28-15(2)30)16-3-5-18(6-4-16)32-21-12-29(11-20(21)24)22-8-7-19(10-27-22)31-13-17-9-23(17,25)26/h3-8,10,14,17,20-21H,9,11-13H2,1-2H3,(H,28,30)/t14-,17?,20+,21-/m0/s1. The first-order valence-corrected chi connectivity index (χ1v) is 10.6. The van der Waals surface area contributed by atoms with Crippen LogP contribution < -0.4 is 19.7 Å². The lowest BCUT2D eigenvalue weighted by Gasteiger charge is -2.18. The number of aromatic nitrogens is 1. The normalized spacial score (nSPS) is 24.7. The van der Waals surface area contributed by atoms with Crippen molar-refractivity contribution in [3.8, 4) is 11.5 Å². The van der Waals surface area contributed by atoms with Gasteiger partial charge < -0.3 is 19.7 Å². The molecule has 2 aromatic rings. The number of hydrogen-bond donors (Lipinski definition) is 1. The third kappa shape index (κ3) is 5.26. The average Bonchev–Trinajstić information content (AvgIpc) is 3.21. The molecule has 2 heterocycles. The Morgan fingerprint density at radius 2 is 1.91 bits per heavy atom. The molecule has 4 rings (SSSR count). The van der Waals surface area contributed by atoms with Crippen LogP contribution in [0.3, 0.4) is 0 Å². The molecule has 6 nitrogen and oxygen atoms in total. The van der Waals surface area contributed by atoms with Crippen molar-refractivity contribution in [1.29, 1.82) is 0 Å². The van der Waals surface area contributed by atoms with Gasteiger partial charge in [0.1, 0.15) is 23.4 Å². The minimum Gasteiger partial charge on any atom is -0.491 e. The number of alkyl halides is 3. The van der Waals surface area contributed by atoms with Gasteiger partial charge in [-0.2, -0.15) is 0 Å². The van der Waals surface area contributed by atoms with Crippen LogP contribution >= 0.6 is 0 Å². The minimum atomic E-state index is -2.61. The highest BCUT2D eigenvalue weighted by atomic mass is 19.3. The maximum absolute atomic E-state index is 14.6. The zero-order valence-electron chi connectivity index (χ0n) is 17.9. The molecule has 1 aliphatic carbocycles. The first-order valence-electron chi connectivity index (χ1n) is 10.6. The molecule has 1 saturated carbocycles. The fourth-order valence-electron chi connectivity index (χ4n) is 3.72. The SMILES string of the molecule is CC(=O)N[C@@H](C)c1ccc(O[C@H]2CN(c3ccc(OCC4CC4(F)F)cn3)C[C@H]2F)cc1. The smallest absolute Gasteiger partial charge is 0.255 e. The lowest BCUT2D eigenvalue weighted by atomic mass is 10.1. The van der Waals surface area contributed by atoms with E-state index in [9.17, 15) is 18.0 Å². The topological polar surface area (TPSA) is 63.7 Å². The maximum atomic E-state index is 14.6. The molecule has 9 heteroatoms. The van der Waals surface area contributed by atoms with Gasteiger partial charge in [0.2, 0.25) is 5.91 Å². The monoisotopic (exact) mass is 449 g/mol. The number of nitrogens with one attached hydrogen (secondary N) is 1. The van der Waals surface area contributed by atoms with Crippen LogP contribution in [0.1, 0.15) is 31.9 Å². The molecule has 0 bridgehead atoms. The van der Waals surface area contributed by atoms with Gasteiger partial charge in [0.15, 0.2) is 6.17 Å². The minimum absolute atomic E-state index is 0.0391. The predicted molar refractivity (Wildman–Crippen MR) is 113 cm³/mol. The van der Waals surface area contributed by atoms with Gasteiger partial charge >= 0.3 is 0 Å². The Morgan fingerprint density at radius 1 is 1.22 bits per heavy atom. The van der Waals surface area contributed by atoms with E-state index in [-0.39, 0.29) is 31.5 Å². The molecule has 1 aromatic heterocycles. The molecule has 1 aliphatic heterocycles.